The Kier molecular flexibility index (Phi) is 4.99. The van der Waals surface area contributed by atoms with Crippen LogP contribution in [0.1, 0.15) is 43.9 Å². The Balaban J connectivity index is 2.00. The minimum atomic E-state index is -0.503. The summed E-state index contributed by atoms with van der Waals surface area (Å²) in [7, 11) is 0. The molecule has 150 valence electrons. The van der Waals surface area contributed by atoms with Gasteiger partial charge in [0.25, 0.3) is 0 Å². The number of ketones is 1. The standard InChI is InChI=1S/C24H25ClN2O2/c1-15-8-10-16(11-9-15)23-22-18(12-24(2,3)13-20(22)28)26-17-6-4-5-7-19(17)27(23)21(29)14-25/h4-11,23,26H,12-14H2,1-3H3. The number of fused-ring (bicyclic) bond motifs is 1. The Hall–Kier alpha value is -2.59. The number of nitrogens with one attached hydrogen (secondary N) is 1. The number of nitrogens with zero attached hydrogens (tertiary/aromatic N) is 1. The van der Waals surface area contributed by atoms with Crippen LogP contribution in [0.5, 0.6) is 0 Å². The third-order valence-corrected chi connectivity index (χ3v) is 5.91. The molecule has 5 heteroatoms. The molecule has 1 N–H and O–H groups in total. The first-order valence-electron chi connectivity index (χ1n) is 9.87. The quantitative estimate of drug-likeness (QED) is 0.679. The third kappa shape index (κ3) is 3.58. The fraction of sp³-hybridized carbons (Fsp3) is 0.333. The Bertz CT molecular complexity index is 1010. The number of hydrogen-bond acceptors (Lipinski definition) is 3. The third-order valence-electron chi connectivity index (χ3n) is 5.68. The highest BCUT2D eigenvalue weighted by molar-refractivity contribution is 6.30. The van der Waals surface area contributed by atoms with E-state index < -0.39 is 6.04 Å². The van der Waals surface area contributed by atoms with Gasteiger partial charge in [0, 0.05) is 17.7 Å². The number of benzene rings is 2. The van der Waals surface area contributed by atoms with Crippen molar-refractivity contribution in [3.63, 3.8) is 0 Å². The number of halogens is 1. The van der Waals surface area contributed by atoms with E-state index in [1.807, 2.05) is 55.5 Å². The van der Waals surface area contributed by atoms with E-state index >= 15 is 0 Å². The normalized spacial score (nSPS) is 20.5. The van der Waals surface area contributed by atoms with Crippen LogP contribution in [0.15, 0.2) is 59.8 Å². The number of carbonyl (C=O) groups is 2. The zero-order chi connectivity index (χ0) is 20.8. The van der Waals surface area contributed by atoms with Gasteiger partial charge in [0.15, 0.2) is 5.78 Å². The molecule has 2 aliphatic rings. The summed E-state index contributed by atoms with van der Waals surface area (Å²) in [5.74, 6) is -0.300. The SMILES string of the molecule is Cc1ccc(C2C3=C(CC(C)(C)CC3=O)Nc3ccccc3N2C(=O)CCl)cc1. The topological polar surface area (TPSA) is 49.4 Å². The molecule has 1 aliphatic heterocycles. The van der Waals surface area contributed by atoms with E-state index in [0.717, 1.165) is 34.6 Å². The Labute approximate surface area is 176 Å². The van der Waals surface area contributed by atoms with Gasteiger partial charge in [-0.3, -0.25) is 14.5 Å². The summed E-state index contributed by atoms with van der Waals surface area (Å²) in [4.78, 5) is 28.2. The molecule has 1 aliphatic carbocycles. The van der Waals surface area contributed by atoms with Gasteiger partial charge < -0.3 is 5.32 Å². The van der Waals surface area contributed by atoms with Gasteiger partial charge in [0.1, 0.15) is 5.88 Å². The number of allylic oxidation sites excluding steroid dienone is 1. The molecular formula is C24H25ClN2O2. The van der Waals surface area contributed by atoms with Crippen molar-refractivity contribution in [1.29, 1.82) is 0 Å². The molecule has 0 bridgehead atoms. The summed E-state index contributed by atoms with van der Waals surface area (Å²) < 4.78 is 0. The van der Waals surface area contributed by atoms with Gasteiger partial charge in [0.05, 0.1) is 17.4 Å². The molecule has 4 nitrogen and oxygen atoms in total. The van der Waals surface area contributed by atoms with Crippen molar-refractivity contribution >= 4 is 34.7 Å². The first-order valence-corrected chi connectivity index (χ1v) is 10.4. The molecular weight excluding hydrogens is 384 g/mol. The Morgan fingerprint density at radius 2 is 1.83 bits per heavy atom. The number of hydrogen-bond donors (Lipinski definition) is 1. The smallest absolute Gasteiger partial charge is 0.242 e. The summed E-state index contributed by atoms with van der Waals surface area (Å²) in [6.45, 7) is 6.24. The van der Waals surface area contributed by atoms with Crippen molar-refractivity contribution < 1.29 is 9.59 Å². The van der Waals surface area contributed by atoms with Crippen molar-refractivity contribution in [2.75, 3.05) is 16.1 Å². The largest absolute Gasteiger partial charge is 0.357 e. The first-order chi connectivity index (χ1) is 13.8. The molecule has 2 aromatic rings. The van der Waals surface area contributed by atoms with Gasteiger partial charge >= 0.3 is 0 Å². The molecule has 0 saturated carbocycles. The molecule has 29 heavy (non-hydrogen) atoms. The van der Waals surface area contributed by atoms with Crippen molar-refractivity contribution in [2.24, 2.45) is 5.41 Å². The van der Waals surface area contributed by atoms with Crippen LogP contribution in [0.3, 0.4) is 0 Å². The molecule has 0 saturated heterocycles. The molecule has 1 heterocycles. The first kappa shape index (κ1) is 19.7. The van der Waals surface area contributed by atoms with Gasteiger partial charge in [-0.05, 0) is 36.5 Å². The average molecular weight is 409 g/mol. The highest BCUT2D eigenvalue weighted by Gasteiger charge is 2.42. The zero-order valence-electron chi connectivity index (χ0n) is 17.0. The summed E-state index contributed by atoms with van der Waals surface area (Å²) in [6.07, 6.45) is 1.20. The molecule has 2 aromatic carbocycles. The van der Waals surface area contributed by atoms with Crippen molar-refractivity contribution in [3.8, 4) is 0 Å². The Morgan fingerprint density at radius 3 is 2.52 bits per heavy atom. The second-order valence-corrected chi connectivity index (χ2v) is 8.95. The molecule has 0 spiro atoms. The number of amides is 1. The number of carbonyl (C=O) groups excluding carboxylic acids is 2. The van der Waals surface area contributed by atoms with Crippen LogP contribution < -0.4 is 10.2 Å². The molecule has 0 radical (unpaired) electrons. The zero-order valence-corrected chi connectivity index (χ0v) is 17.7. The van der Waals surface area contributed by atoms with Crippen molar-refractivity contribution in [3.05, 3.63) is 70.9 Å². The number of aryl methyl sites for hydroxylation is 1. The fourth-order valence-electron chi connectivity index (χ4n) is 4.39. The van der Waals surface area contributed by atoms with Crippen molar-refractivity contribution in [2.45, 2.75) is 39.7 Å². The van der Waals surface area contributed by atoms with Gasteiger partial charge in [-0.1, -0.05) is 55.8 Å². The van der Waals surface area contributed by atoms with Crippen LogP contribution in [0.2, 0.25) is 0 Å². The van der Waals surface area contributed by atoms with Crippen LogP contribution in [-0.4, -0.2) is 17.6 Å². The molecule has 0 fully saturated rings. The van der Waals surface area contributed by atoms with Crippen LogP contribution in [0.25, 0.3) is 0 Å². The molecule has 0 aromatic heterocycles. The van der Waals surface area contributed by atoms with Gasteiger partial charge in [-0.25, -0.2) is 0 Å². The summed E-state index contributed by atoms with van der Waals surface area (Å²) in [6, 6.07) is 15.2. The van der Waals surface area contributed by atoms with E-state index in [9.17, 15) is 9.59 Å². The van der Waals surface area contributed by atoms with E-state index in [4.69, 9.17) is 11.6 Å². The lowest BCUT2D eigenvalue weighted by Crippen LogP contribution is -2.40. The number of para-hydroxylation sites is 2. The second kappa shape index (κ2) is 7.34. The number of rotatable bonds is 2. The average Bonchev–Trinajstić information content (AvgIpc) is 2.81. The van der Waals surface area contributed by atoms with Gasteiger partial charge in [-0.2, -0.15) is 0 Å². The molecule has 1 unspecified atom stereocenters. The lowest BCUT2D eigenvalue weighted by Gasteiger charge is -2.37. The van der Waals surface area contributed by atoms with Crippen LogP contribution in [0.4, 0.5) is 11.4 Å². The maximum atomic E-state index is 13.4. The van der Waals surface area contributed by atoms with E-state index in [1.165, 1.54) is 0 Å². The summed E-state index contributed by atoms with van der Waals surface area (Å²) >= 11 is 6.03. The maximum absolute atomic E-state index is 13.4. The predicted octanol–water partition coefficient (Wildman–Crippen LogP) is 5.38. The van der Waals surface area contributed by atoms with Crippen molar-refractivity contribution in [1.82, 2.24) is 0 Å². The summed E-state index contributed by atoms with van der Waals surface area (Å²) in [5, 5.41) is 3.49. The van der Waals surface area contributed by atoms with Gasteiger partial charge in [0.2, 0.25) is 5.91 Å². The Morgan fingerprint density at radius 1 is 1.14 bits per heavy atom. The van der Waals surface area contributed by atoms with Crippen LogP contribution in [-0.2, 0) is 9.59 Å². The number of Topliss-reactive ketones (excluding diaryl/α,β-unsaturated/α-hetero) is 1. The minimum absolute atomic E-state index is 0.0782. The van der Waals surface area contributed by atoms with Crippen LogP contribution >= 0.6 is 11.6 Å². The molecule has 4 rings (SSSR count). The lowest BCUT2D eigenvalue weighted by molar-refractivity contribution is -0.118. The highest BCUT2D eigenvalue weighted by Crippen LogP contribution is 2.48. The van der Waals surface area contributed by atoms with E-state index in [0.29, 0.717) is 12.0 Å². The highest BCUT2D eigenvalue weighted by atomic mass is 35.5. The minimum Gasteiger partial charge on any atom is -0.357 e. The fourth-order valence-corrected chi connectivity index (χ4v) is 4.52. The predicted molar refractivity (Wildman–Crippen MR) is 117 cm³/mol. The molecule has 1 amide bonds. The summed E-state index contributed by atoms with van der Waals surface area (Å²) in [5.41, 5.74) is 5.02. The molecule has 1 atom stereocenters. The second-order valence-electron chi connectivity index (χ2n) is 8.69. The number of alkyl halides is 1. The van der Waals surface area contributed by atoms with Crippen LogP contribution in [0, 0.1) is 12.3 Å². The van der Waals surface area contributed by atoms with E-state index in [1.54, 1.807) is 4.90 Å². The van der Waals surface area contributed by atoms with E-state index in [-0.39, 0.29) is 23.0 Å². The monoisotopic (exact) mass is 408 g/mol. The van der Waals surface area contributed by atoms with E-state index in [2.05, 4.69) is 19.2 Å². The number of anilines is 2. The maximum Gasteiger partial charge on any atom is 0.242 e. The van der Waals surface area contributed by atoms with Gasteiger partial charge in [-0.15, -0.1) is 11.6 Å². The lowest BCUT2D eigenvalue weighted by atomic mass is 9.73.